The third-order valence-electron chi connectivity index (χ3n) is 5.85. The summed E-state index contributed by atoms with van der Waals surface area (Å²) in [5.74, 6) is 0.0690. The van der Waals surface area contributed by atoms with Gasteiger partial charge in [0, 0.05) is 31.7 Å². The minimum atomic E-state index is -0.437. The summed E-state index contributed by atoms with van der Waals surface area (Å²) in [6.07, 6.45) is 1.80. The van der Waals surface area contributed by atoms with E-state index in [-0.39, 0.29) is 30.6 Å². The molecule has 7 nitrogen and oxygen atoms in total. The van der Waals surface area contributed by atoms with Crippen LogP contribution in [0.25, 0.3) is 0 Å². The van der Waals surface area contributed by atoms with Gasteiger partial charge in [0.2, 0.25) is 5.91 Å². The van der Waals surface area contributed by atoms with E-state index < -0.39 is 5.82 Å². The molecule has 0 unspecified atom stereocenters. The summed E-state index contributed by atoms with van der Waals surface area (Å²) in [4.78, 5) is 29.0. The second-order valence-corrected chi connectivity index (χ2v) is 9.11. The number of likely N-dealkylation sites (tertiary alicyclic amines) is 1. The van der Waals surface area contributed by atoms with Crippen molar-refractivity contribution in [1.29, 1.82) is 0 Å². The Kier molecular flexibility index (Phi) is 8.87. The van der Waals surface area contributed by atoms with Gasteiger partial charge in [-0.15, -0.1) is 0 Å². The summed E-state index contributed by atoms with van der Waals surface area (Å²) in [7, 11) is 2.07. The van der Waals surface area contributed by atoms with Crippen LogP contribution in [-0.2, 0) is 17.9 Å². The van der Waals surface area contributed by atoms with Crippen LogP contribution in [0.4, 0.5) is 14.9 Å². The number of ether oxygens (including phenoxy) is 1. The lowest BCUT2D eigenvalue weighted by atomic mass is 10.0. The Balaban J connectivity index is 1.74. The van der Waals surface area contributed by atoms with Gasteiger partial charge in [0.1, 0.15) is 11.6 Å². The average Bonchev–Trinajstić information content (AvgIpc) is 2.78. The Hall–Kier alpha value is -3.13. The topological polar surface area (TPSA) is 73.9 Å². The number of hydrogen-bond acceptors (Lipinski definition) is 4. The van der Waals surface area contributed by atoms with Gasteiger partial charge in [-0.2, -0.15) is 0 Å². The lowest BCUT2D eigenvalue weighted by molar-refractivity contribution is -0.114. The normalized spacial score (nSPS) is 14.6. The standard InChI is InChI=1S/C26H35FN4O3/c1-18(2)34-24-9-5-20(6-10-24)16-28-26(33)31(23-11-13-30(4)14-12-23)17-21-7-8-22(27)15-25(21)29-19(3)32/h5-10,15,18,23H,11-14,16-17H2,1-4H3,(H,28,33)(H,29,32). The average molecular weight is 471 g/mol. The Morgan fingerprint density at radius 1 is 1.15 bits per heavy atom. The smallest absolute Gasteiger partial charge is 0.318 e. The highest BCUT2D eigenvalue weighted by Crippen LogP contribution is 2.24. The number of nitrogens with zero attached hydrogens (tertiary/aromatic N) is 2. The highest BCUT2D eigenvalue weighted by molar-refractivity contribution is 5.89. The summed E-state index contributed by atoms with van der Waals surface area (Å²) in [5.41, 5.74) is 2.05. The van der Waals surface area contributed by atoms with Crippen LogP contribution in [0.2, 0.25) is 0 Å². The van der Waals surface area contributed by atoms with E-state index in [1.54, 1.807) is 6.07 Å². The number of carbonyl (C=O) groups excluding carboxylic acids is 2. The van der Waals surface area contributed by atoms with Crippen LogP contribution in [0.5, 0.6) is 5.75 Å². The molecule has 8 heteroatoms. The van der Waals surface area contributed by atoms with Crippen molar-refractivity contribution in [1.82, 2.24) is 15.1 Å². The van der Waals surface area contributed by atoms with E-state index in [1.165, 1.54) is 19.1 Å². The van der Waals surface area contributed by atoms with E-state index in [4.69, 9.17) is 4.74 Å². The van der Waals surface area contributed by atoms with Crippen LogP contribution < -0.4 is 15.4 Å². The first kappa shape index (κ1) is 25.5. The van der Waals surface area contributed by atoms with E-state index >= 15 is 0 Å². The molecule has 0 bridgehead atoms. The third-order valence-corrected chi connectivity index (χ3v) is 5.85. The van der Waals surface area contributed by atoms with E-state index in [9.17, 15) is 14.0 Å². The van der Waals surface area contributed by atoms with Gasteiger partial charge >= 0.3 is 6.03 Å². The van der Waals surface area contributed by atoms with Gasteiger partial charge in [0.15, 0.2) is 0 Å². The van der Waals surface area contributed by atoms with Crippen molar-refractivity contribution in [2.75, 3.05) is 25.5 Å². The molecule has 0 aromatic heterocycles. The lowest BCUT2D eigenvalue weighted by Crippen LogP contribution is -2.49. The second-order valence-electron chi connectivity index (χ2n) is 9.11. The van der Waals surface area contributed by atoms with Crippen molar-refractivity contribution >= 4 is 17.6 Å². The summed E-state index contributed by atoms with van der Waals surface area (Å²) in [5, 5.41) is 5.72. The molecular formula is C26H35FN4O3. The molecule has 2 aromatic rings. The number of benzene rings is 2. The van der Waals surface area contributed by atoms with E-state index in [1.807, 2.05) is 43.0 Å². The molecule has 0 saturated carbocycles. The van der Waals surface area contributed by atoms with Gasteiger partial charge in [-0.25, -0.2) is 9.18 Å². The largest absolute Gasteiger partial charge is 0.491 e. The Labute approximate surface area is 201 Å². The monoisotopic (exact) mass is 470 g/mol. The molecule has 0 aliphatic carbocycles. The second kappa shape index (κ2) is 11.8. The Morgan fingerprint density at radius 3 is 2.44 bits per heavy atom. The third kappa shape index (κ3) is 7.45. The fourth-order valence-electron chi connectivity index (χ4n) is 4.09. The predicted octanol–water partition coefficient (Wildman–Crippen LogP) is 4.38. The van der Waals surface area contributed by atoms with E-state index in [0.717, 1.165) is 37.2 Å². The van der Waals surface area contributed by atoms with Crippen LogP contribution in [0.1, 0.15) is 44.7 Å². The van der Waals surface area contributed by atoms with Gasteiger partial charge in [-0.05, 0) is 82.2 Å². The molecule has 34 heavy (non-hydrogen) atoms. The number of anilines is 1. The zero-order valence-electron chi connectivity index (χ0n) is 20.4. The molecule has 1 fully saturated rings. The molecule has 1 aliphatic rings. The minimum Gasteiger partial charge on any atom is -0.491 e. The summed E-state index contributed by atoms with van der Waals surface area (Å²) < 4.78 is 19.5. The maximum Gasteiger partial charge on any atom is 0.318 e. The molecule has 0 atom stereocenters. The summed E-state index contributed by atoms with van der Waals surface area (Å²) in [6.45, 7) is 7.78. The van der Waals surface area contributed by atoms with Crippen LogP contribution in [0.15, 0.2) is 42.5 Å². The molecule has 1 saturated heterocycles. The molecule has 1 heterocycles. The van der Waals surface area contributed by atoms with Gasteiger partial charge in [0.25, 0.3) is 0 Å². The first-order valence-corrected chi connectivity index (χ1v) is 11.8. The highest BCUT2D eigenvalue weighted by atomic mass is 19.1. The van der Waals surface area contributed by atoms with Gasteiger partial charge in [-0.1, -0.05) is 18.2 Å². The molecule has 3 rings (SSSR count). The zero-order chi connectivity index (χ0) is 24.7. The van der Waals surface area contributed by atoms with Crippen molar-refractivity contribution in [2.45, 2.75) is 58.8 Å². The van der Waals surface area contributed by atoms with Crippen molar-refractivity contribution < 1.29 is 18.7 Å². The van der Waals surface area contributed by atoms with Crippen molar-refractivity contribution in [3.63, 3.8) is 0 Å². The highest BCUT2D eigenvalue weighted by Gasteiger charge is 2.28. The van der Waals surface area contributed by atoms with E-state index in [2.05, 4.69) is 22.6 Å². The number of rotatable bonds is 8. The van der Waals surface area contributed by atoms with Crippen LogP contribution in [0, 0.1) is 5.82 Å². The summed E-state index contributed by atoms with van der Waals surface area (Å²) >= 11 is 0. The quantitative estimate of drug-likeness (QED) is 0.601. The number of nitrogens with one attached hydrogen (secondary N) is 2. The maximum atomic E-state index is 13.8. The Bertz CT molecular complexity index is 973. The van der Waals surface area contributed by atoms with Crippen LogP contribution in [0.3, 0.4) is 0 Å². The fraction of sp³-hybridized carbons (Fsp3) is 0.462. The number of carbonyl (C=O) groups is 2. The molecule has 3 amide bonds. The zero-order valence-corrected chi connectivity index (χ0v) is 20.4. The number of piperidine rings is 1. The number of urea groups is 1. The first-order valence-electron chi connectivity index (χ1n) is 11.8. The first-order chi connectivity index (χ1) is 16.2. The predicted molar refractivity (Wildman–Crippen MR) is 131 cm³/mol. The SMILES string of the molecule is CC(=O)Nc1cc(F)ccc1CN(C(=O)NCc1ccc(OC(C)C)cc1)C1CCN(C)CC1. The van der Waals surface area contributed by atoms with E-state index in [0.29, 0.717) is 17.8 Å². The number of hydrogen-bond donors (Lipinski definition) is 2. The van der Waals surface area contributed by atoms with Gasteiger partial charge < -0.3 is 25.2 Å². The molecule has 2 N–H and O–H groups in total. The molecule has 0 radical (unpaired) electrons. The molecule has 1 aliphatic heterocycles. The van der Waals surface area contributed by atoms with Crippen molar-refractivity contribution in [3.8, 4) is 5.75 Å². The van der Waals surface area contributed by atoms with Crippen molar-refractivity contribution in [3.05, 3.63) is 59.4 Å². The van der Waals surface area contributed by atoms with Gasteiger partial charge in [-0.3, -0.25) is 4.79 Å². The Morgan fingerprint density at radius 2 is 1.82 bits per heavy atom. The number of halogens is 1. The molecule has 0 spiro atoms. The summed E-state index contributed by atoms with van der Waals surface area (Å²) in [6, 6.07) is 11.8. The van der Waals surface area contributed by atoms with Gasteiger partial charge in [0.05, 0.1) is 6.10 Å². The van der Waals surface area contributed by atoms with Crippen LogP contribution >= 0.6 is 0 Å². The van der Waals surface area contributed by atoms with Crippen LogP contribution in [-0.4, -0.2) is 54.0 Å². The molecule has 184 valence electrons. The molecule has 2 aromatic carbocycles. The lowest BCUT2D eigenvalue weighted by Gasteiger charge is -2.37. The van der Waals surface area contributed by atoms with Crippen molar-refractivity contribution in [2.24, 2.45) is 0 Å². The fourth-order valence-corrected chi connectivity index (χ4v) is 4.09. The molecular weight excluding hydrogens is 435 g/mol. The number of amides is 3. The maximum absolute atomic E-state index is 13.8. The minimum absolute atomic E-state index is 0.0493.